The van der Waals surface area contributed by atoms with Crippen LogP contribution in [-0.4, -0.2) is 101 Å². The van der Waals surface area contributed by atoms with Gasteiger partial charge in [0.05, 0.1) is 23.0 Å². The monoisotopic (exact) mass is 723 g/mol. The van der Waals surface area contributed by atoms with E-state index in [0.29, 0.717) is 36.4 Å². The molecule has 2 aromatic heterocycles. The van der Waals surface area contributed by atoms with E-state index in [-0.39, 0.29) is 17.9 Å². The maximum Gasteiger partial charge on any atom is 0.243 e. The number of amides is 2. The van der Waals surface area contributed by atoms with Gasteiger partial charge < -0.3 is 30.3 Å². The molecule has 0 aliphatic carbocycles. The molecule has 4 aromatic rings. The number of benzene rings is 2. The van der Waals surface area contributed by atoms with Crippen molar-refractivity contribution < 1.29 is 9.59 Å². The van der Waals surface area contributed by atoms with Crippen molar-refractivity contribution in [3.8, 4) is 11.3 Å². The van der Waals surface area contributed by atoms with E-state index in [9.17, 15) is 9.59 Å². The number of aromatic nitrogens is 3. The summed E-state index contributed by atoms with van der Waals surface area (Å²) in [5, 5.41) is 11.0. The van der Waals surface area contributed by atoms with Crippen molar-refractivity contribution >= 4 is 46.0 Å². The standard InChI is InChI=1S/C40H50ClN9O2/c41-34-23-44-40(47-38(34)33-22-43-35-4-2-1-3-32(33)35)45-30-15-18-49(26-30)25-28-11-16-48(17-12-28)24-29-13-19-50(20-14-29)31-7-5-27(6-8-31)21-42-36-9-10-37(51)46-39(36)52/h1-8,22-23,28-30,36,42-43H,9-21,24-26H2,(H,44,45,47)(H,46,51,52). The SMILES string of the molecule is O=C1CCC(NCc2ccc(N3CCC(CN4CCC(CN5CCC(Nc6ncc(Cl)c(-c7c[nH]c8ccccc78)n6)C5)CC4)CC3)cc2)C(=O)N1. The van der Waals surface area contributed by atoms with Gasteiger partial charge in [-0.05, 0) is 87.2 Å². The Bertz CT molecular complexity index is 1850. The third-order valence-corrected chi connectivity index (χ3v) is 11.9. The molecular formula is C40H50ClN9O2. The molecule has 4 aliphatic heterocycles. The molecule has 4 saturated heterocycles. The molecule has 8 rings (SSSR count). The number of aromatic amines is 1. The van der Waals surface area contributed by atoms with Crippen LogP contribution in [0.4, 0.5) is 11.6 Å². The number of carbonyl (C=O) groups excluding carboxylic acids is 2. The van der Waals surface area contributed by atoms with Gasteiger partial charge in [0.15, 0.2) is 0 Å². The molecule has 12 heteroatoms. The molecule has 2 aromatic carbocycles. The van der Waals surface area contributed by atoms with Gasteiger partial charge in [-0.1, -0.05) is 41.9 Å². The Morgan fingerprint density at radius 2 is 1.58 bits per heavy atom. The number of nitrogens with zero attached hydrogens (tertiary/aromatic N) is 5. The Morgan fingerprint density at radius 1 is 0.846 bits per heavy atom. The third kappa shape index (κ3) is 8.28. The van der Waals surface area contributed by atoms with E-state index < -0.39 is 0 Å². The summed E-state index contributed by atoms with van der Waals surface area (Å²) in [6, 6.07) is 17.0. The number of imide groups is 1. The average Bonchev–Trinajstić information content (AvgIpc) is 3.80. The molecule has 2 atom stereocenters. The highest BCUT2D eigenvalue weighted by Crippen LogP contribution is 2.33. The lowest BCUT2D eigenvalue weighted by Gasteiger charge is -2.39. The first kappa shape index (κ1) is 35.0. The van der Waals surface area contributed by atoms with Crippen molar-refractivity contribution in [2.45, 2.75) is 63.6 Å². The van der Waals surface area contributed by atoms with Gasteiger partial charge in [-0.3, -0.25) is 14.9 Å². The Hall–Kier alpha value is -4.03. The van der Waals surface area contributed by atoms with Crippen molar-refractivity contribution in [2.24, 2.45) is 11.8 Å². The van der Waals surface area contributed by atoms with Crippen molar-refractivity contribution in [1.82, 2.24) is 35.4 Å². The number of likely N-dealkylation sites (tertiary alicyclic amines) is 2. The number of piperidine rings is 3. The zero-order valence-corrected chi connectivity index (χ0v) is 30.6. The van der Waals surface area contributed by atoms with Gasteiger partial charge in [-0.25, -0.2) is 9.97 Å². The van der Waals surface area contributed by atoms with Crippen LogP contribution in [0.1, 0.15) is 50.5 Å². The lowest BCUT2D eigenvalue weighted by atomic mass is 9.92. The van der Waals surface area contributed by atoms with Crippen LogP contribution in [-0.2, 0) is 16.1 Å². The van der Waals surface area contributed by atoms with E-state index in [1.54, 1.807) is 6.20 Å². The second-order valence-electron chi connectivity index (χ2n) is 15.3. The van der Waals surface area contributed by atoms with Crippen molar-refractivity contribution in [3.05, 3.63) is 71.5 Å². The Labute approximate surface area is 310 Å². The summed E-state index contributed by atoms with van der Waals surface area (Å²) in [7, 11) is 0. The molecule has 2 amide bonds. The predicted octanol–water partition coefficient (Wildman–Crippen LogP) is 5.29. The summed E-state index contributed by atoms with van der Waals surface area (Å²) in [6.07, 6.45) is 10.8. The fraction of sp³-hybridized carbons (Fsp3) is 0.500. The molecule has 2 unspecified atom stereocenters. The Balaban J connectivity index is 0.734. The highest BCUT2D eigenvalue weighted by molar-refractivity contribution is 6.33. The van der Waals surface area contributed by atoms with E-state index in [0.717, 1.165) is 72.2 Å². The van der Waals surface area contributed by atoms with Crippen LogP contribution in [0.3, 0.4) is 0 Å². The molecule has 0 spiro atoms. The van der Waals surface area contributed by atoms with E-state index in [1.165, 1.54) is 57.5 Å². The van der Waals surface area contributed by atoms with Crippen LogP contribution >= 0.6 is 11.6 Å². The molecular weight excluding hydrogens is 674 g/mol. The lowest BCUT2D eigenvalue weighted by Crippen LogP contribution is -2.50. The number of rotatable bonds is 11. The molecule has 4 N–H and O–H groups in total. The zero-order chi connectivity index (χ0) is 35.4. The number of fused-ring (bicyclic) bond motifs is 1. The summed E-state index contributed by atoms with van der Waals surface area (Å²) in [4.78, 5) is 44.0. The summed E-state index contributed by atoms with van der Waals surface area (Å²) in [5.74, 6) is 1.78. The molecule has 274 valence electrons. The van der Waals surface area contributed by atoms with Crippen LogP contribution in [0.5, 0.6) is 0 Å². The summed E-state index contributed by atoms with van der Waals surface area (Å²) in [5.41, 5.74) is 5.25. The largest absolute Gasteiger partial charge is 0.372 e. The first-order valence-corrected chi connectivity index (χ1v) is 19.5. The molecule has 4 fully saturated rings. The Kier molecular flexibility index (Phi) is 10.7. The first-order chi connectivity index (χ1) is 25.4. The van der Waals surface area contributed by atoms with Crippen LogP contribution in [0.25, 0.3) is 22.2 Å². The van der Waals surface area contributed by atoms with Crippen LogP contribution < -0.4 is 20.9 Å². The van der Waals surface area contributed by atoms with Gasteiger partial charge >= 0.3 is 0 Å². The van der Waals surface area contributed by atoms with Crippen molar-refractivity contribution in [2.75, 3.05) is 62.6 Å². The van der Waals surface area contributed by atoms with E-state index in [1.807, 2.05) is 18.3 Å². The molecule has 11 nitrogen and oxygen atoms in total. The second-order valence-corrected chi connectivity index (χ2v) is 15.7. The molecule has 0 radical (unpaired) electrons. The smallest absolute Gasteiger partial charge is 0.243 e. The fourth-order valence-corrected chi connectivity index (χ4v) is 8.79. The minimum absolute atomic E-state index is 0.179. The van der Waals surface area contributed by atoms with E-state index >= 15 is 0 Å². The van der Waals surface area contributed by atoms with Gasteiger partial charge in [-0.15, -0.1) is 0 Å². The van der Waals surface area contributed by atoms with Crippen LogP contribution in [0, 0.1) is 11.8 Å². The number of H-pyrrole nitrogens is 1. The van der Waals surface area contributed by atoms with Gasteiger partial charge in [-0.2, -0.15) is 0 Å². The first-order valence-electron chi connectivity index (χ1n) is 19.1. The third-order valence-electron chi connectivity index (χ3n) is 11.6. The molecule has 6 heterocycles. The summed E-state index contributed by atoms with van der Waals surface area (Å²) < 4.78 is 0. The number of nitrogens with one attached hydrogen (secondary N) is 4. The topological polar surface area (TPSA) is 122 Å². The number of anilines is 2. The maximum atomic E-state index is 12.0. The molecule has 4 aliphatic rings. The van der Waals surface area contributed by atoms with Gasteiger partial charge in [0.25, 0.3) is 0 Å². The number of carbonyl (C=O) groups is 2. The molecule has 0 saturated carbocycles. The van der Waals surface area contributed by atoms with Gasteiger partial charge in [0.1, 0.15) is 0 Å². The Morgan fingerprint density at radius 3 is 2.37 bits per heavy atom. The van der Waals surface area contributed by atoms with Gasteiger partial charge in [0.2, 0.25) is 17.8 Å². The van der Waals surface area contributed by atoms with E-state index in [4.69, 9.17) is 16.6 Å². The quantitative estimate of drug-likeness (QED) is 0.153. The van der Waals surface area contributed by atoms with E-state index in [2.05, 4.69) is 77.0 Å². The normalized spacial score (nSPS) is 22.7. The van der Waals surface area contributed by atoms with Crippen molar-refractivity contribution in [1.29, 1.82) is 0 Å². The summed E-state index contributed by atoms with van der Waals surface area (Å²) >= 11 is 6.57. The molecule has 52 heavy (non-hydrogen) atoms. The maximum absolute atomic E-state index is 12.0. The zero-order valence-electron chi connectivity index (χ0n) is 29.8. The molecule has 0 bridgehead atoms. The minimum Gasteiger partial charge on any atom is -0.372 e. The fourth-order valence-electron chi connectivity index (χ4n) is 8.60. The highest BCUT2D eigenvalue weighted by atomic mass is 35.5. The lowest BCUT2D eigenvalue weighted by molar-refractivity contribution is -0.134. The minimum atomic E-state index is -0.299. The average molecular weight is 724 g/mol. The number of para-hydroxylation sites is 1. The van der Waals surface area contributed by atoms with Crippen molar-refractivity contribution in [3.63, 3.8) is 0 Å². The second kappa shape index (κ2) is 15.9. The van der Waals surface area contributed by atoms with Crippen LogP contribution in [0.15, 0.2) is 60.9 Å². The predicted molar refractivity (Wildman–Crippen MR) is 206 cm³/mol. The number of hydrogen-bond acceptors (Lipinski definition) is 9. The van der Waals surface area contributed by atoms with Crippen LogP contribution in [0.2, 0.25) is 5.02 Å². The summed E-state index contributed by atoms with van der Waals surface area (Å²) in [6.45, 7) is 9.79. The number of hydrogen-bond donors (Lipinski definition) is 4. The highest BCUT2D eigenvalue weighted by Gasteiger charge is 2.30. The van der Waals surface area contributed by atoms with Gasteiger partial charge in [0, 0.05) is 86.6 Å². The number of halogens is 1.